The number of ketones is 1. The van der Waals surface area contributed by atoms with Crippen LogP contribution in [-0.2, 0) is 4.79 Å². The number of benzene rings is 1. The van der Waals surface area contributed by atoms with Crippen LogP contribution in [0, 0.1) is 18.7 Å². The fourth-order valence-corrected chi connectivity index (χ4v) is 2.02. The van der Waals surface area contributed by atoms with Crippen molar-refractivity contribution in [1.29, 1.82) is 0 Å². The van der Waals surface area contributed by atoms with Gasteiger partial charge in [0.15, 0.2) is 0 Å². The Morgan fingerprint density at radius 1 is 1.26 bits per heavy atom. The summed E-state index contributed by atoms with van der Waals surface area (Å²) in [5, 5.41) is 3.30. The van der Waals surface area contributed by atoms with Crippen LogP contribution >= 0.6 is 0 Å². The van der Waals surface area contributed by atoms with Gasteiger partial charge in [0, 0.05) is 18.5 Å². The van der Waals surface area contributed by atoms with E-state index in [4.69, 9.17) is 0 Å². The SMILES string of the molecule is Cc1cc([C@@H](CNC(C)C)C(=O)C(C)C)ccc1F. The molecule has 0 saturated heterocycles. The molecule has 0 radical (unpaired) electrons. The van der Waals surface area contributed by atoms with Crippen molar-refractivity contribution in [3.05, 3.63) is 35.1 Å². The Hall–Kier alpha value is -1.22. The molecule has 1 aromatic rings. The molecular weight excluding hydrogens is 241 g/mol. The van der Waals surface area contributed by atoms with Crippen LogP contribution in [0.15, 0.2) is 18.2 Å². The molecule has 1 rings (SSSR count). The second-order valence-electron chi connectivity index (χ2n) is 5.68. The van der Waals surface area contributed by atoms with Crippen LogP contribution in [0.3, 0.4) is 0 Å². The molecule has 0 aromatic heterocycles. The summed E-state index contributed by atoms with van der Waals surface area (Å²) < 4.78 is 13.3. The number of Topliss-reactive ketones (excluding diaryl/α,β-unsaturated/α-hetero) is 1. The average Bonchev–Trinajstić information content (AvgIpc) is 2.33. The summed E-state index contributed by atoms with van der Waals surface area (Å²) in [6.45, 7) is 10.2. The van der Waals surface area contributed by atoms with E-state index in [1.54, 1.807) is 19.1 Å². The Kier molecular flexibility index (Phi) is 5.67. The first-order valence-corrected chi connectivity index (χ1v) is 6.86. The monoisotopic (exact) mass is 265 g/mol. The summed E-state index contributed by atoms with van der Waals surface area (Å²) >= 11 is 0. The van der Waals surface area contributed by atoms with E-state index in [2.05, 4.69) is 5.32 Å². The van der Waals surface area contributed by atoms with E-state index in [9.17, 15) is 9.18 Å². The zero-order valence-corrected chi connectivity index (χ0v) is 12.5. The summed E-state index contributed by atoms with van der Waals surface area (Å²) in [4.78, 5) is 12.3. The van der Waals surface area contributed by atoms with Crippen molar-refractivity contribution in [1.82, 2.24) is 5.32 Å². The molecule has 0 aliphatic rings. The maximum absolute atomic E-state index is 13.3. The highest BCUT2D eigenvalue weighted by molar-refractivity contribution is 5.87. The summed E-state index contributed by atoms with van der Waals surface area (Å²) in [6.07, 6.45) is 0. The molecule has 0 fully saturated rings. The Balaban J connectivity index is 3.00. The van der Waals surface area contributed by atoms with Crippen molar-refractivity contribution in [3.63, 3.8) is 0 Å². The molecular formula is C16H24FNO. The minimum absolute atomic E-state index is 0.0238. The van der Waals surface area contributed by atoms with E-state index in [0.29, 0.717) is 18.2 Å². The quantitative estimate of drug-likeness (QED) is 0.853. The van der Waals surface area contributed by atoms with Crippen molar-refractivity contribution < 1.29 is 9.18 Å². The lowest BCUT2D eigenvalue weighted by molar-refractivity contribution is -0.123. The first kappa shape index (κ1) is 15.8. The number of hydrogen-bond acceptors (Lipinski definition) is 2. The second kappa shape index (κ2) is 6.80. The van der Waals surface area contributed by atoms with Gasteiger partial charge >= 0.3 is 0 Å². The van der Waals surface area contributed by atoms with Gasteiger partial charge in [-0.25, -0.2) is 4.39 Å². The van der Waals surface area contributed by atoms with Crippen molar-refractivity contribution >= 4 is 5.78 Å². The van der Waals surface area contributed by atoms with Gasteiger partial charge in [-0.3, -0.25) is 4.79 Å². The van der Waals surface area contributed by atoms with Crippen LogP contribution < -0.4 is 5.32 Å². The number of rotatable bonds is 6. The molecule has 0 aliphatic heterocycles. The van der Waals surface area contributed by atoms with Gasteiger partial charge in [0.2, 0.25) is 0 Å². The maximum atomic E-state index is 13.3. The number of carbonyl (C=O) groups excluding carboxylic acids is 1. The first-order chi connectivity index (χ1) is 8.82. The lowest BCUT2D eigenvalue weighted by Crippen LogP contribution is -2.33. The summed E-state index contributed by atoms with van der Waals surface area (Å²) in [7, 11) is 0. The van der Waals surface area contributed by atoms with E-state index < -0.39 is 0 Å². The van der Waals surface area contributed by atoms with Gasteiger partial charge in [0.1, 0.15) is 11.6 Å². The van der Waals surface area contributed by atoms with Gasteiger partial charge in [-0.05, 0) is 24.1 Å². The molecule has 106 valence electrons. The Morgan fingerprint density at radius 3 is 2.37 bits per heavy atom. The standard InChI is InChI=1S/C16H24FNO/c1-10(2)16(19)14(9-18-11(3)4)13-6-7-15(17)12(5)8-13/h6-8,10-11,14,18H,9H2,1-5H3/t14-/m1/s1. The number of aryl methyl sites for hydroxylation is 1. The Labute approximate surface area is 115 Å². The van der Waals surface area contributed by atoms with E-state index in [1.807, 2.05) is 27.7 Å². The van der Waals surface area contributed by atoms with Crippen LogP contribution in [-0.4, -0.2) is 18.4 Å². The summed E-state index contributed by atoms with van der Waals surface area (Å²) in [5.41, 5.74) is 1.48. The number of carbonyl (C=O) groups is 1. The zero-order chi connectivity index (χ0) is 14.6. The van der Waals surface area contributed by atoms with Crippen molar-refractivity contribution in [2.45, 2.75) is 46.6 Å². The van der Waals surface area contributed by atoms with Crippen LogP contribution in [0.4, 0.5) is 4.39 Å². The fraction of sp³-hybridized carbons (Fsp3) is 0.562. The third kappa shape index (κ3) is 4.43. The largest absolute Gasteiger partial charge is 0.313 e. The van der Waals surface area contributed by atoms with Gasteiger partial charge in [0.25, 0.3) is 0 Å². The van der Waals surface area contributed by atoms with Gasteiger partial charge in [0.05, 0.1) is 5.92 Å². The highest BCUT2D eigenvalue weighted by atomic mass is 19.1. The van der Waals surface area contributed by atoms with Gasteiger partial charge in [-0.1, -0.05) is 39.8 Å². The summed E-state index contributed by atoms with van der Waals surface area (Å²) in [5.74, 6) is -0.263. The van der Waals surface area contributed by atoms with E-state index in [-0.39, 0.29) is 23.4 Å². The molecule has 0 aliphatic carbocycles. The Morgan fingerprint density at radius 2 is 1.89 bits per heavy atom. The third-order valence-corrected chi connectivity index (χ3v) is 3.23. The number of halogens is 1. The third-order valence-electron chi connectivity index (χ3n) is 3.23. The van der Waals surface area contributed by atoms with Crippen molar-refractivity contribution in [3.8, 4) is 0 Å². The average molecular weight is 265 g/mol. The molecule has 1 N–H and O–H groups in total. The topological polar surface area (TPSA) is 29.1 Å². The molecule has 0 spiro atoms. The fourth-order valence-electron chi connectivity index (χ4n) is 2.02. The maximum Gasteiger partial charge on any atom is 0.144 e. The van der Waals surface area contributed by atoms with Crippen molar-refractivity contribution in [2.24, 2.45) is 5.92 Å². The highest BCUT2D eigenvalue weighted by Gasteiger charge is 2.23. The van der Waals surface area contributed by atoms with E-state index in [1.165, 1.54) is 6.07 Å². The molecule has 2 nitrogen and oxygen atoms in total. The smallest absolute Gasteiger partial charge is 0.144 e. The molecule has 19 heavy (non-hydrogen) atoms. The van der Waals surface area contributed by atoms with Crippen LogP contribution in [0.1, 0.15) is 44.7 Å². The molecule has 0 saturated carbocycles. The molecule has 0 unspecified atom stereocenters. The molecule has 1 atom stereocenters. The molecule has 1 aromatic carbocycles. The number of hydrogen-bond donors (Lipinski definition) is 1. The minimum Gasteiger partial charge on any atom is -0.313 e. The lowest BCUT2D eigenvalue weighted by Gasteiger charge is -2.21. The zero-order valence-electron chi connectivity index (χ0n) is 12.5. The Bertz CT molecular complexity index is 440. The lowest BCUT2D eigenvalue weighted by atomic mass is 9.88. The summed E-state index contributed by atoms with van der Waals surface area (Å²) in [6, 6.07) is 5.27. The molecule has 0 bridgehead atoms. The van der Waals surface area contributed by atoms with Crippen molar-refractivity contribution in [2.75, 3.05) is 6.54 Å². The normalized spacial score (nSPS) is 13.1. The number of nitrogens with one attached hydrogen (secondary N) is 1. The van der Waals surface area contributed by atoms with E-state index >= 15 is 0 Å². The molecule has 0 amide bonds. The van der Waals surface area contributed by atoms with Crippen LogP contribution in [0.5, 0.6) is 0 Å². The van der Waals surface area contributed by atoms with Gasteiger partial charge < -0.3 is 5.32 Å². The second-order valence-corrected chi connectivity index (χ2v) is 5.68. The highest BCUT2D eigenvalue weighted by Crippen LogP contribution is 2.22. The predicted molar refractivity (Wildman–Crippen MR) is 76.9 cm³/mol. The molecule has 0 heterocycles. The van der Waals surface area contributed by atoms with Gasteiger partial charge in [-0.15, -0.1) is 0 Å². The van der Waals surface area contributed by atoms with Gasteiger partial charge in [-0.2, -0.15) is 0 Å². The first-order valence-electron chi connectivity index (χ1n) is 6.86. The van der Waals surface area contributed by atoms with Crippen LogP contribution in [0.25, 0.3) is 0 Å². The van der Waals surface area contributed by atoms with Crippen LogP contribution in [0.2, 0.25) is 0 Å². The minimum atomic E-state index is -0.226. The van der Waals surface area contributed by atoms with E-state index in [0.717, 1.165) is 5.56 Å². The molecule has 3 heteroatoms. The predicted octanol–water partition coefficient (Wildman–Crippen LogP) is 3.44.